The molecule has 1 fully saturated rings. The van der Waals surface area contributed by atoms with Crippen LogP contribution in [0, 0.1) is 17.8 Å². The normalized spacial score (nSPS) is 19.0. The summed E-state index contributed by atoms with van der Waals surface area (Å²) in [5.41, 5.74) is -0.444. The van der Waals surface area contributed by atoms with Crippen LogP contribution < -0.4 is 5.32 Å². The maximum absolute atomic E-state index is 14.9. The zero-order chi connectivity index (χ0) is 37.6. The minimum absolute atomic E-state index is 0.0627. The van der Waals surface area contributed by atoms with Crippen LogP contribution in [0.1, 0.15) is 149 Å². The van der Waals surface area contributed by atoms with E-state index in [9.17, 15) is 19.2 Å². The molecular formula is C38H66N4O7S. The summed E-state index contributed by atoms with van der Waals surface area (Å²) in [5.74, 6) is -0.766. The van der Waals surface area contributed by atoms with E-state index in [2.05, 4.69) is 38.0 Å². The van der Waals surface area contributed by atoms with Crippen LogP contribution in [0.2, 0.25) is 0 Å². The fourth-order valence-corrected chi connectivity index (χ4v) is 7.19. The summed E-state index contributed by atoms with van der Waals surface area (Å²) in [6.45, 7) is 23.2. The van der Waals surface area contributed by atoms with E-state index in [0.29, 0.717) is 44.0 Å². The molecule has 0 aromatic carbocycles. The van der Waals surface area contributed by atoms with Crippen molar-refractivity contribution in [3.8, 4) is 0 Å². The highest BCUT2D eigenvalue weighted by atomic mass is 32.1. The van der Waals surface area contributed by atoms with Crippen LogP contribution in [0.15, 0.2) is 5.38 Å². The van der Waals surface area contributed by atoms with Crippen molar-refractivity contribution in [2.75, 3.05) is 26.3 Å². The minimum Gasteiger partial charge on any atom is -0.461 e. The zero-order valence-electron chi connectivity index (χ0n) is 32.7. The molecule has 0 unspecified atom stereocenters. The summed E-state index contributed by atoms with van der Waals surface area (Å²) in [5, 5.41) is 5.51. The Morgan fingerprint density at radius 3 is 2.34 bits per heavy atom. The Bertz CT molecular complexity index is 1220. The van der Waals surface area contributed by atoms with Gasteiger partial charge in [-0.15, -0.1) is 11.3 Å². The molecule has 2 rings (SSSR count). The van der Waals surface area contributed by atoms with Crippen LogP contribution in [0.4, 0.5) is 4.79 Å². The largest absolute Gasteiger partial charge is 0.461 e. The van der Waals surface area contributed by atoms with Gasteiger partial charge in [0.2, 0.25) is 11.8 Å². The number of thiazole rings is 1. The van der Waals surface area contributed by atoms with E-state index in [4.69, 9.17) is 14.2 Å². The summed E-state index contributed by atoms with van der Waals surface area (Å²) in [6.07, 6.45) is 5.45. The number of amides is 3. The van der Waals surface area contributed by atoms with Crippen molar-refractivity contribution in [1.82, 2.24) is 20.1 Å². The van der Waals surface area contributed by atoms with Gasteiger partial charge in [-0.05, 0) is 71.6 Å². The van der Waals surface area contributed by atoms with Crippen molar-refractivity contribution < 1.29 is 33.4 Å². The number of rotatable bonds is 19. The van der Waals surface area contributed by atoms with Crippen molar-refractivity contribution in [2.45, 2.75) is 157 Å². The number of aromatic nitrogens is 1. The second-order valence-electron chi connectivity index (χ2n) is 15.1. The number of piperidine rings is 1. The molecule has 1 aromatic rings. The summed E-state index contributed by atoms with van der Waals surface area (Å²) >= 11 is 1.36. The molecule has 6 atom stereocenters. The molecule has 50 heavy (non-hydrogen) atoms. The predicted molar refractivity (Wildman–Crippen MR) is 198 cm³/mol. The monoisotopic (exact) mass is 722 g/mol. The Kier molecular flexibility index (Phi) is 18.2. The van der Waals surface area contributed by atoms with Gasteiger partial charge in [-0.3, -0.25) is 14.5 Å². The van der Waals surface area contributed by atoms with Crippen LogP contribution in [-0.2, 0) is 23.8 Å². The SMILES string of the molecule is CCCCCCN(C(=O)[C@@H](NC(=O)[C@H]1C[C@H](C)CCN1C(=O)OC(C)(C)C)[C@@H](C)CC)[C@H](C[C@@H](OCC)c1nc(C(=O)OCC)cs1)C(C)C. The van der Waals surface area contributed by atoms with Crippen LogP contribution in [-0.4, -0.2) is 88.7 Å². The van der Waals surface area contributed by atoms with Gasteiger partial charge in [0.05, 0.1) is 6.61 Å². The van der Waals surface area contributed by atoms with Gasteiger partial charge in [-0.25, -0.2) is 14.6 Å². The molecule has 12 heteroatoms. The molecule has 0 spiro atoms. The maximum Gasteiger partial charge on any atom is 0.410 e. The Labute approximate surface area is 305 Å². The molecule has 0 radical (unpaired) electrons. The lowest BCUT2D eigenvalue weighted by molar-refractivity contribution is -0.143. The van der Waals surface area contributed by atoms with E-state index in [1.165, 1.54) is 16.2 Å². The van der Waals surface area contributed by atoms with E-state index < -0.39 is 35.9 Å². The molecule has 1 aliphatic heterocycles. The highest BCUT2D eigenvalue weighted by Crippen LogP contribution is 2.32. The van der Waals surface area contributed by atoms with Gasteiger partial charge in [0.25, 0.3) is 0 Å². The molecule has 0 bridgehead atoms. The van der Waals surface area contributed by atoms with Gasteiger partial charge in [0.15, 0.2) is 5.69 Å². The first-order valence-corrected chi connectivity index (χ1v) is 19.8. The van der Waals surface area contributed by atoms with Crippen LogP contribution >= 0.6 is 11.3 Å². The Hall–Kier alpha value is -2.73. The molecule has 1 N–H and O–H groups in total. The second kappa shape index (κ2) is 21.0. The lowest BCUT2D eigenvalue weighted by Crippen LogP contribution is -2.60. The topological polar surface area (TPSA) is 127 Å². The fraction of sp³-hybridized carbons (Fsp3) is 0.816. The number of esters is 1. The van der Waals surface area contributed by atoms with Gasteiger partial charge in [-0.1, -0.05) is 67.2 Å². The average Bonchev–Trinajstić information content (AvgIpc) is 3.55. The number of carbonyl (C=O) groups excluding carboxylic acids is 4. The number of ether oxygens (including phenoxy) is 3. The standard InChI is InChI=1S/C38H66N4O7S/c1-12-16-17-18-20-41(29(25(5)6)23-31(47-14-3)34-39-28(24-50-34)36(45)48-15-4)35(44)32(27(8)13-2)40-33(43)30-22-26(7)19-21-42(30)37(46)49-38(9,10)11/h24-27,29-32H,12-23H2,1-11H3,(H,40,43)/t26-,27+,29-,30-,31-,32+/m1/s1. The third kappa shape index (κ3) is 13.1. The molecule has 0 aliphatic carbocycles. The van der Waals surface area contributed by atoms with E-state index in [-0.39, 0.29) is 47.9 Å². The van der Waals surface area contributed by atoms with Gasteiger partial charge < -0.3 is 24.4 Å². The molecule has 1 aliphatic rings. The molecule has 1 saturated heterocycles. The minimum atomic E-state index is -0.779. The first-order valence-electron chi connectivity index (χ1n) is 18.9. The Balaban J connectivity index is 2.47. The van der Waals surface area contributed by atoms with Gasteiger partial charge >= 0.3 is 12.1 Å². The molecule has 2 heterocycles. The summed E-state index contributed by atoms with van der Waals surface area (Å²) < 4.78 is 17.1. The smallest absolute Gasteiger partial charge is 0.410 e. The summed E-state index contributed by atoms with van der Waals surface area (Å²) in [4.78, 5) is 62.7. The molecule has 286 valence electrons. The van der Waals surface area contributed by atoms with Gasteiger partial charge in [-0.2, -0.15) is 0 Å². The number of likely N-dealkylation sites (tertiary alicyclic amines) is 1. The maximum atomic E-state index is 14.9. The molecular weight excluding hydrogens is 657 g/mol. The molecule has 3 amide bonds. The second-order valence-corrected chi connectivity index (χ2v) is 16.0. The lowest BCUT2D eigenvalue weighted by Gasteiger charge is -2.41. The Morgan fingerprint density at radius 1 is 1.06 bits per heavy atom. The van der Waals surface area contributed by atoms with Gasteiger partial charge in [0, 0.05) is 37.5 Å². The van der Waals surface area contributed by atoms with Crippen molar-refractivity contribution >= 4 is 35.2 Å². The van der Waals surface area contributed by atoms with Crippen molar-refractivity contribution in [3.05, 3.63) is 16.1 Å². The number of hydrogen-bond acceptors (Lipinski definition) is 9. The number of nitrogens with one attached hydrogen (secondary N) is 1. The fourth-order valence-electron chi connectivity index (χ4n) is 6.34. The lowest BCUT2D eigenvalue weighted by atomic mass is 9.90. The van der Waals surface area contributed by atoms with Crippen molar-refractivity contribution in [3.63, 3.8) is 0 Å². The van der Waals surface area contributed by atoms with E-state index in [1.54, 1.807) is 12.3 Å². The third-order valence-electron chi connectivity index (χ3n) is 9.38. The molecule has 11 nitrogen and oxygen atoms in total. The molecule has 0 saturated carbocycles. The zero-order valence-corrected chi connectivity index (χ0v) is 33.5. The van der Waals surface area contributed by atoms with Crippen molar-refractivity contribution in [2.24, 2.45) is 17.8 Å². The number of nitrogens with zero attached hydrogens (tertiary/aromatic N) is 3. The highest BCUT2D eigenvalue weighted by molar-refractivity contribution is 7.09. The van der Waals surface area contributed by atoms with Gasteiger partial charge in [0.1, 0.15) is 28.8 Å². The van der Waals surface area contributed by atoms with E-state index in [1.807, 2.05) is 46.4 Å². The first kappa shape index (κ1) is 43.4. The van der Waals surface area contributed by atoms with Crippen LogP contribution in [0.3, 0.4) is 0 Å². The number of carbonyl (C=O) groups is 4. The highest BCUT2D eigenvalue weighted by Gasteiger charge is 2.41. The first-order chi connectivity index (χ1) is 23.6. The Morgan fingerprint density at radius 2 is 1.76 bits per heavy atom. The average molecular weight is 723 g/mol. The van der Waals surface area contributed by atoms with Crippen molar-refractivity contribution in [1.29, 1.82) is 0 Å². The quantitative estimate of drug-likeness (QED) is 0.113. The van der Waals surface area contributed by atoms with E-state index >= 15 is 0 Å². The molecule has 1 aromatic heterocycles. The van der Waals surface area contributed by atoms with Crippen LogP contribution in [0.5, 0.6) is 0 Å². The third-order valence-corrected chi connectivity index (χ3v) is 10.3. The van der Waals surface area contributed by atoms with Crippen LogP contribution in [0.25, 0.3) is 0 Å². The summed E-state index contributed by atoms with van der Waals surface area (Å²) in [7, 11) is 0. The number of unbranched alkanes of at least 4 members (excludes halogenated alkanes) is 3. The number of hydrogen-bond donors (Lipinski definition) is 1. The predicted octanol–water partition coefficient (Wildman–Crippen LogP) is 7.79. The van der Waals surface area contributed by atoms with E-state index in [0.717, 1.165) is 32.1 Å². The summed E-state index contributed by atoms with van der Waals surface area (Å²) in [6, 6.07) is -1.74.